The predicted octanol–water partition coefficient (Wildman–Crippen LogP) is 3.70. The Bertz CT molecular complexity index is 1090. The van der Waals surface area contributed by atoms with Crippen molar-refractivity contribution < 1.29 is 8.42 Å². The van der Waals surface area contributed by atoms with Crippen LogP contribution in [0.4, 0.5) is 0 Å². The minimum Gasteiger partial charge on any atom is -0.357 e. The van der Waals surface area contributed by atoms with Gasteiger partial charge < -0.3 is 5.32 Å². The van der Waals surface area contributed by atoms with Gasteiger partial charge in [0.1, 0.15) is 0 Å². The van der Waals surface area contributed by atoms with Crippen LogP contribution in [0.15, 0.2) is 64.1 Å². The van der Waals surface area contributed by atoms with E-state index in [-0.39, 0.29) is 11.9 Å². The molecule has 4 rings (SSSR count). The molecule has 7 nitrogen and oxygen atoms in total. The monoisotopic (exact) mass is 473 g/mol. The van der Waals surface area contributed by atoms with Crippen LogP contribution in [-0.4, -0.2) is 56.1 Å². The maximum atomic E-state index is 13.0. The van der Waals surface area contributed by atoms with Gasteiger partial charge in [-0.15, -0.1) is 4.40 Å². The highest BCUT2D eigenvalue weighted by Gasteiger charge is 2.33. The van der Waals surface area contributed by atoms with E-state index in [9.17, 15) is 8.42 Å². The highest BCUT2D eigenvalue weighted by atomic mass is 35.5. The SMILES string of the molecule is CNC(=NS(=O)(=O)N1CCC(C)CC1)N1CC(c2ccccc2)C(c2ccc(Cl)cc2)=N1. The normalized spacial score (nSPS) is 21.0. The number of hydrogen-bond acceptors (Lipinski definition) is 3. The van der Waals surface area contributed by atoms with Gasteiger partial charge in [-0.05, 0) is 42.0 Å². The van der Waals surface area contributed by atoms with Crippen molar-refractivity contribution in [1.29, 1.82) is 0 Å². The molecule has 0 aromatic heterocycles. The van der Waals surface area contributed by atoms with Crippen molar-refractivity contribution in [2.75, 3.05) is 26.7 Å². The molecular weight excluding hydrogens is 446 g/mol. The molecule has 9 heteroatoms. The van der Waals surface area contributed by atoms with Gasteiger partial charge in [-0.1, -0.05) is 61.0 Å². The fourth-order valence-electron chi connectivity index (χ4n) is 4.07. The number of guanidine groups is 1. The Kier molecular flexibility index (Phi) is 6.83. The third-order valence-corrected chi connectivity index (χ3v) is 7.67. The van der Waals surface area contributed by atoms with E-state index in [0.29, 0.717) is 30.6 Å². The minimum absolute atomic E-state index is 0.0329. The van der Waals surface area contributed by atoms with Crippen molar-refractivity contribution in [3.05, 3.63) is 70.7 Å². The molecule has 2 aliphatic heterocycles. The molecule has 2 heterocycles. The van der Waals surface area contributed by atoms with Crippen molar-refractivity contribution in [2.45, 2.75) is 25.7 Å². The molecule has 1 N–H and O–H groups in total. The summed E-state index contributed by atoms with van der Waals surface area (Å²) >= 11 is 6.08. The Morgan fingerprint density at radius 3 is 2.38 bits per heavy atom. The zero-order chi connectivity index (χ0) is 22.7. The Balaban J connectivity index is 1.67. The van der Waals surface area contributed by atoms with Crippen molar-refractivity contribution in [3.8, 4) is 0 Å². The topological polar surface area (TPSA) is 77.4 Å². The van der Waals surface area contributed by atoms with Gasteiger partial charge in [-0.2, -0.15) is 17.8 Å². The van der Waals surface area contributed by atoms with Crippen LogP contribution in [0.5, 0.6) is 0 Å². The largest absolute Gasteiger partial charge is 0.357 e. The van der Waals surface area contributed by atoms with Gasteiger partial charge in [-0.25, -0.2) is 5.01 Å². The van der Waals surface area contributed by atoms with Gasteiger partial charge >= 0.3 is 10.2 Å². The molecule has 1 unspecified atom stereocenters. The molecule has 1 saturated heterocycles. The van der Waals surface area contributed by atoms with Crippen molar-refractivity contribution in [2.24, 2.45) is 15.4 Å². The van der Waals surface area contributed by atoms with Gasteiger partial charge in [0.25, 0.3) is 0 Å². The Labute approximate surface area is 195 Å². The molecule has 0 aliphatic carbocycles. The number of piperidine rings is 1. The van der Waals surface area contributed by atoms with Crippen LogP contribution in [0.3, 0.4) is 0 Å². The molecule has 32 heavy (non-hydrogen) atoms. The average Bonchev–Trinajstić information content (AvgIpc) is 3.24. The smallest absolute Gasteiger partial charge is 0.325 e. The summed E-state index contributed by atoms with van der Waals surface area (Å²) in [5.41, 5.74) is 2.89. The van der Waals surface area contributed by atoms with E-state index in [0.717, 1.165) is 29.7 Å². The van der Waals surface area contributed by atoms with Crippen LogP contribution in [0.2, 0.25) is 5.02 Å². The molecule has 2 aliphatic rings. The molecule has 0 spiro atoms. The first kappa shape index (κ1) is 22.8. The van der Waals surface area contributed by atoms with Crippen molar-refractivity contribution >= 4 is 33.5 Å². The summed E-state index contributed by atoms with van der Waals surface area (Å²) in [6, 6.07) is 17.6. The van der Waals surface area contributed by atoms with Crippen molar-refractivity contribution in [3.63, 3.8) is 0 Å². The maximum absolute atomic E-state index is 13.0. The maximum Gasteiger partial charge on any atom is 0.325 e. The molecular formula is C23H28ClN5O2S. The molecule has 0 radical (unpaired) electrons. The van der Waals surface area contributed by atoms with Crippen molar-refractivity contribution in [1.82, 2.24) is 14.6 Å². The lowest BCUT2D eigenvalue weighted by atomic mass is 9.91. The second-order valence-corrected chi connectivity index (χ2v) is 10.3. The van der Waals surface area contributed by atoms with Crippen LogP contribution >= 0.6 is 11.6 Å². The number of benzene rings is 2. The average molecular weight is 474 g/mol. The second kappa shape index (κ2) is 9.60. The molecule has 2 aromatic carbocycles. The van der Waals surface area contributed by atoms with Crippen LogP contribution < -0.4 is 5.32 Å². The molecule has 1 fully saturated rings. The van der Waals surface area contributed by atoms with Gasteiger partial charge in [0, 0.05) is 31.1 Å². The van der Waals surface area contributed by atoms with Crippen LogP contribution in [0, 0.1) is 5.92 Å². The lowest BCUT2D eigenvalue weighted by Crippen LogP contribution is -2.41. The summed E-state index contributed by atoms with van der Waals surface area (Å²) < 4.78 is 31.5. The lowest BCUT2D eigenvalue weighted by molar-refractivity contribution is 0.288. The number of hydrazone groups is 1. The van der Waals surface area contributed by atoms with E-state index in [1.807, 2.05) is 42.5 Å². The summed E-state index contributed by atoms with van der Waals surface area (Å²) in [5.74, 6) is 0.717. The lowest BCUT2D eigenvalue weighted by Gasteiger charge is -2.28. The number of rotatable bonds is 4. The van der Waals surface area contributed by atoms with E-state index in [1.54, 1.807) is 12.1 Å². The summed E-state index contributed by atoms with van der Waals surface area (Å²) in [4.78, 5) is 0. The van der Waals surface area contributed by atoms with E-state index in [2.05, 4.69) is 28.8 Å². The van der Waals surface area contributed by atoms with E-state index < -0.39 is 10.2 Å². The summed E-state index contributed by atoms with van der Waals surface area (Å²) in [6.07, 6.45) is 1.70. The molecule has 1 atom stereocenters. The summed E-state index contributed by atoms with van der Waals surface area (Å²) in [5, 5.41) is 10.0. The minimum atomic E-state index is -3.79. The molecule has 2 aromatic rings. The van der Waals surface area contributed by atoms with Crippen LogP contribution in [-0.2, 0) is 10.2 Å². The fraction of sp³-hybridized carbons (Fsp3) is 0.391. The van der Waals surface area contributed by atoms with E-state index in [1.165, 1.54) is 4.31 Å². The Morgan fingerprint density at radius 2 is 1.75 bits per heavy atom. The van der Waals surface area contributed by atoms with Crippen LogP contribution in [0.1, 0.15) is 36.8 Å². The highest BCUT2D eigenvalue weighted by molar-refractivity contribution is 7.87. The fourth-order valence-corrected chi connectivity index (χ4v) is 5.38. The zero-order valence-corrected chi connectivity index (χ0v) is 19.9. The van der Waals surface area contributed by atoms with E-state index >= 15 is 0 Å². The third kappa shape index (κ3) is 4.98. The van der Waals surface area contributed by atoms with E-state index in [4.69, 9.17) is 16.7 Å². The van der Waals surface area contributed by atoms with Gasteiger partial charge in [0.05, 0.1) is 12.3 Å². The molecule has 0 saturated carbocycles. The standard InChI is InChI=1S/C23H28ClN5O2S/c1-17-12-14-28(15-13-17)32(30,31)27-23(25-2)29-16-21(18-6-4-3-5-7-18)22(26-29)19-8-10-20(24)11-9-19/h3-11,17,21H,12-16H2,1-2H3,(H,25,27). The quantitative estimate of drug-likeness (QED) is 0.542. The summed E-state index contributed by atoms with van der Waals surface area (Å²) in [7, 11) is -2.13. The number of halogens is 1. The Hall–Kier alpha value is -2.42. The number of nitrogens with zero attached hydrogens (tertiary/aromatic N) is 4. The Morgan fingerprint density at radius 1 is 1.09 bits per heavy atom. The second-order valence-electron chi connectivity index (χ2n) is 8.26. The first-order valence-corrected chi connectivity index (χ1v) is 12.6. The van der Waals surface area contributed by atoms with Gasteiger partial charge in [0.15, 0.2) is 0 Å². The highest BCUT2D eigenvalue weighted by Crippen LogP contribution is 2.29. The van der Waals surface area contributed by atoms with Gasteiger partial charge in [-0.3, -0.25) is 0 Å². The molecule has 170 valence electrons. The zero-order valence-electron chi connectivity index (χ0n) is 18.3. The first-order chi connectivity index (χ1) is 15.4. The van der Waals surface area contributed by atoms with Crippen LogP contribution in [0.25, 0.3) is 0 Å². The molecule has 0 amide bonds. The number of hydrogen-bond donors (Lipinski definition) is 1. The molecule has 0 bridgehead atoms. The number of nitrogens with one attached hydrogen (secondary N) is 1. The first-order valence-electron chi connectivity index (χ1n) is 10.8. The third-order valence-electron chi connectivity index (χ3n) is 5.99. The van der Waals surface area contributed by atoms with Gasteiger partial charge in [0.2, 0.25) is 5.96 Å². The predicted molar refractivity (Wildman–Crippen MR) is 129 cm³/mol. The summed E-state index contributed by atoms with van der Waals surface area (Å²) in [6.45, 7) is 3.62.